The molecular formula is C9H19NO2. The van der Waals surface area contributed by atoms with Crippen molar-refractivity contribution >= 4 is 5.97 Å². The Kier molecular flexibility index (Phi) is 5.72. The van der Waals surface area contributed by atoms with E-state index in [1.54, 1.807) is 0 Å². The predicted octanol–water partition coefficient (Wildman–Crippen LogP) is 1.49. The maximum atomic E-state index is 10.2. The van der Waals surface area contributed by atoms with E-state index in [1.807, 2.05) is 6.92 Å². The maximum Gasteiger partial charge on any atom is 0.317 e. The highest BCUT2D eigenvalue weighted by Crippen LogP contribution is 2.05. The molecule has 1 atom stereocenters. The van der Waals surface area contributed by atoms with E-state index in [1.165, 1.54) is 0 Å². The fraction of sp³-hybridized carbons (Fsp3) is 0.889. The summed E-state index contributed by atoms with van der Waals surface area (Å²) in [6.07, 6.45) is 2.19. The SMILES string of the molecule is CC(C)CCC(C)NCC(=O)O. The number of carbonyl (C=O) groups is 1. The van der Waals surface area contributed by atoms with E-state index >= 15 is 0 Å². The second-order valence-corrected chi connectivity index (χ2v) is 3.65. The van der Waals surface area contributed by atoms with Gasteiger partial charge in [0.2, 0.25) is 0 Å². The third-order valence-corrected chi connectivity index (χ3v) is 1.78. The van der Waals surface area contributed by atoms with Gasteiger partial charge in [-0.2, -0.15) is 0 Å². The highest BCUT2D eigenvalue weighted by molar-refractivity contribution is 5.69. The topological polar surface area (TPSA) is 49.3 Å². The van der Waals surface area contributed by atoms with Gasteiger partial charge in [0.15, 0.2) is 0 Å². The first-order valence-corrected chi connectivity index (χ1v) is 4.47. The second-order valence-electron chi connectivity index (χ2n) is 3.65. The van der Waals surface area contributed by atoms with Crippen LogP contribution in [0, 0.1) is 5.92 Å². The third-order valence-electron chi connectivity index (χ3n) is 1.78. The number of rotatable bonds is 6. The summed E-state index contributed by atoms with van der Waals surface area (Å²) in [5, 5.41) is 11.3. The van der Waals surface area contributed by atoms with Crippen molar-refractivity contribution in [2.24, 2.45) is 5.92 Å². The van der Waals surface area contributed by atoms with Gasteiger partial charge in [-0.15, -0.1) is 0 Å². The Morgan fingerprint density at radius 2 is 1.92 bits per heavy atom. The van der Waals surface area contributed by atoms with Crippen LogP contribution in [-0.4, -0.2) is 23.7 Å². The zero-order valence-corrected chi connectivity index (χ0v) is 8.13. The molecule has 1 unspecified atom stereocenters. The first kappa shape index (κ1) is 11.4. The van der Waals surface area contributed by atoms with E-state index in [0.29, 0.717) is 12.0 Å². The summed E-state index contributed by atoms with van der Waals surface area (Å²) < 4.78 is 0. The summed E-state index contributed by atoms with van der Waals surface area (Å²) >= 11 is 0. The average Bonchev–Trinajstić information content (AvgIpc) is 1.96. The monoisotopic (exact) mass is 173 g/mol. The van der Waals surface area contributed by atoms with Gasteiger partial charge in [0.1, 0.15) is 0 Å². The van der Waals surface area contributed by atoms with Crippen LogP contribution in [0.25, 0.3) is 0 Å². The lowest BCUT2D eigenvalue weighted by Crippen LogP contribution is -2.31. The molecule has 72 valence electrons. The molecule has 0 heterocycles. The molecule has 0 spiro atoms. The van der Waals surface area contributed by atoms with E-state index in [4.69, 9.17) is 5.11 Å². The van der Waals surface area contributed by atoms with Gasteiger partial charge < -0.3 is 10.4 Å². The Hall–Kier alpha value is -0.570. The molecule has 0 radical (unpaired) electrons. The molecule has 3 heteroatoms. The third kappa shape index (κ3) is 7.54. The van der Waals surface area contributed by atoms with Crippen LogP contribution in [0.2, 0.25) is 0 Å². The smallest absolute Gasteiger partial charge is 0.317 e. The molecule has 0 aromatic heterocycles. The Morgan fingerprint density at radius 1 is 1.33 bits per heavy atom. The molecule has 0 fully saturated rings. The largest absolute Gasteiger partial charge is 0.480 e. The fourth-order valence-electron chi connectivity index (χ4n) is 0.947. The number of aliphatic carboxylic acids is 1. The van der Waals surface area contributed by atoms with Crippen LogP contribution in [0.4, 0.5) is 0 Å². The molecule has 0 saturated heterocycles. The molecule has 0 rings (SSSR count). The Labute approximate surface area is 74.2 Å². The molecule has 0 bridgehead atoms. The molecule has 0 saturated carbocycles. The van der Waals surface area contributed by atoms with Crippen LogP contribution in [0.15, 0.2) is 0 Å². The molecule has 2 N–H and O–H groups in total. The first-order chi connectivity index (χ1) is 5.52. The zero-order valence-electron chi connectivity index (χ0n) is 8.13. The van der Waals surface area contributed by atoms with Crippen molar-refractivity contribution in [1.82, 2.24) is 5.32 Å². The molecule has 12 heavy (non-hydrogen) atoms. The van der Waals surface area contributed by atoms with Crippen molar-refractivity contribution in [2.75, 3.05) is 6.54 Å². The summed E-state index contributed by atoms with van der Waals surface area (Å²) in [6, 6.07) is 0.309. The van der Waals surface area contributed by atoms with Crippen LogP contribution < -0.4 is 5.32 Å². The van der Waals surface area contributed by atoms with Crippen molar-refractivity contribution < 1.29 is 9.90 Å². The lowest BCUT2D eigenvalue weighted by Gasteiger charge is -2.12. The summed E-state index contributed by atoms with van der Waals surface area (Å²) in [6.45, 7) is 6.43. The van der Waals surface area contributed by atoms with E-state index in [0.717, 1.165) is 12.8 Å². The summed E-state index contributed by atoms with van der Waals surface area (Å²) in [5.41, 5.74) is 0. The van der Waals surface area contributed by atoms with Crippen LogP contribution >= 0.6 is 0 Å². The number of hydrogen-bond acceptors (Lipinski definition) is 2. The van der Waals surface area contributed by atoms with Crippen LogP contribution in [0.5, 0.6) is 0 Å². The number of carboxylic acid groups (broad SMARTS) is 1. The fourth-order valence-corrected chi connectivity index (χ4v) is 0.947. The summed E-state index contributed by atoms with van der Waals surface area (Å²) in [4.78, 5) is 10.2. The molecule has 0 aliphatic rings. The van der Waals surface area contributed by atoms with Gasteiger partial charge in [-0.3, -0.25) is 4.79 Å². The minimum absolute atomic E-state index is 0.0687. The van der Waals surface area contributed by atoms with Gasteiger partial charge in [0.25, 0.3) is 0 Å². The second kappa shape index (κ2) is 6.00. The van der Waals surface area contributed by atoms with Gasteiger partial charge in [-0.25, -0.2) is 0 Å². The molecule has 0 amide bonds. The quantitative estimate of drug-likeness (QED) is 0.639. The van der Waals surface area contributed by atoms with Gasteiger partial charge in [-0.05, 0) is 25.7 Å². The van der Waals surface area contributed by atoms with Crippen LogP contribution in [0.1, 0.15) is 33.6 Å². The van der Waals surface area contributed by atoms with Gasteiger partial charge >= 0.3 is 5.97 Å². The minimum Gasteiger partial charge on any atom is -0.480 e. The highest BCUT2D eigenvalue weighted by atomic mass is 16.4. The van der Waals surface area contributed by atoms with Crippen molar-refractivity contribution in [3.05, 3.63) is 0 Å². The Morgan fingerprint density at radius 3 is 2.33 bits per heavy atom. The highest BCUT2D eigenvalue weighted by Gasteiger charge is 2.04. The van der Waals surface area contributed by atoms with Crippen molar-refractivity contribution in [2.45, 2.75) is 39.7 Å². The number of carboxylic acids is 1. The normalized spacial score (nSPS) is 13.3. The van der Waals surface area contributed by atoms with Gasteiger partial charge in [0, 0.05) is 6.04 Å². The molecule has 0 aliphatic carbocycles. The van der Waals surface area contributed by atoms with Crippen LogP contribution in [-0.2, 0) is 4.79 Å². The van der Waals surface area contributed by atoms with E-state index in [2.05, 4.69) is 19.2 Å². The molecular weight excluding hydrogens is 154 g/mol. The van der Waals surface area contributed by atoms with Crippen molar-refractivity contribution in [1.29, 1.82) is 0 Å². The lowest BCUT2D eigenvalue weighted by molar-refractivity contribution is -0.136. The van der Waals surface area contributed by atoms with E-state index in [9.17, 15) is 4.79 Å². The zero-order chi connectivity index (χ0) is 9.56. The Balaban J connectivity index is 3.33. The first-order valence-electron chi connectivity index (χ1n) is 4.47. The standard InChI is InChI=1S/C9H19NO2/c1-7(2)4-5-8(3)10-6-9(11)12/h7-8,10H,4-6H2,1-3H3,(H,11,12). The molecule has 0 aliphatic heterocycles. The molecule has 0 aromatic carbocycles. The maximum absolute atomic E-state index is 10.2. The molecule has 3 nitrogen and oxygen atoms in total. The summed E-state index contributed by atoms with van der Waals surface area (Å²) in [5.74, 6) is -0.0922. The number of nitrogens with one attached hydrogen (secondary N) is 1. The van der Waals surface area contributed by atoms with Crippen molar-refractivity contribution in [3.63, 3.8) is 0 Å². The summed E-state index contributed by atoms with van der Waals surface area (Å²) in [7, 11) is 0. The van der Waals surface area contributed by atoms with Gasteiger partial charge in [-0.1, -0.05) is 13.8 Å². The molecule has 0 aromatic rings. The minimum atomic E-state index is -0.786. The van der Waals surface area contributed by atoms with E-state index in [-0.39, 0.29) is 6.54 Å². The average molecular weight is 173 g/mol. The van der Waals surface area contributed by atoms with E-state index < -0.39 is 5.97 Å². The Bertz CT molecular complexity index is 134. The lowest BCUT2D eigenvalue weighted by atomic mass is 10.0. The predicted molar refractivity (Wildman–Crippen MR) is 49.2 cm³/mol. The number of hydrogen-bond donors (Lipinski definition) is 2. The van der Waals surface area contributed by atoms with Crippen molar-refractivity contribution in [3.8, 4) is 0 Å². The van der Waals surface area contributed by atoms with Crippen LogP contribution in [0.3, 0.4) is 0 Å². The van der Waals surface area contributed by atoms with Gasteiger partial charge in [0.05, 0.1) is 6.54 Å².